The van der Waals surface area contributed by atoms with Gasteiger partial charge in [0.1, 0.15) is 5.75 Å². The number of carbonyl (C=O) groups excluding carboxylic acids is 1. The van der Waals surface area contributed by atoms with Crippen LogP contribution in [0.1, 0.15) is 15.9 Å². The molecule has 28 heavy (non-hydrogen) atoms. The molecule has 3 aromatic rings. The summed E-state index contributed by atoms with van der Waals surface area (Å²) in [7, 11) is -2.27. The van der Waals surface area contributed by atoms with Crippen LogP contribution in [0.4, 0.5) is 11.4 Å². The normalized spacial score (nSPS) is 10.9. The summed E-state index contributed by atoms with van der Waals surface area (Å²) in [5, 5.41) is 2.79. The van der Waals surface area contributed by atoms with Gasteiger partial charge < -0.3 is 10.1 Å². The van der Waals surface area contributed by atoms with E-state index in [1.165, 1.54) is 25.3 Å². The first-order valence-electron chi connectivity index (χ1n) is 8.52. The highest BCUT2D eigenvalue weighted by atomic mass is 32.2. The van der Waals surface area contributed by atoms with Crippen LogP contribution in [0.15, 0.2) is 77.7 Å². The summed E-state index contributed by atoms with van der Waals surface area (Å²) in [6.07, 6.45) is 0. The Balaban J connectivity index is 1.76. The third-order valence-corrected chi connectivity index (χ3v) is 5.45. The maximum Gasteiger partial charge on any atom is 0.261 e. The molecule has 0 radical (unpaired) electrons. The van der Waals surface area contributed by atoms with Gasteiger partial charge in [-0.2, -0.15) is 0 Å². The number of aryl methyl sites for hydroxylation is 1. The van der Waals surface area contributed by atoms with Crippen LogP contribution in [0, 0.1) is 6.92 Å². The Bertz CT molecular complexity index is 1080. The lowest BCUT2D eigenvalue weighted by Gasteiger charge is -2.10. The van der Waals surface area contributed by atoms with E-state index in [2.05, 4.69) is 10.0 Å². The van der Waals surface area contributed by atoms with E-state index in [-0.39, 0.29) is 10.8 Å². The summed E-state index contributed by atoms with van der Waals surface area (Å²) in [4.78, 5) is 12.6. The molecular weight excluding hydrogens is 376 g/mol. The molecule has 3 rings (SSSR count). The van der Waals surface area contributed by atoms with Crippen molar-refractivity contribution in [3.05, 3.63) is 83.9 Å². The van der Waals surface area contributed by atoms with E-state index in [0.717, 1.165) is 5.56 Å². The van der Waals surface area contributed by atoms with Crippen molar-refractivity contribution >= 4 is 27.3 Å². The van der Waals surface area contributed by atoms with Gasteiger partial charge in [-0.1, -0.05) is 23.8 Å². The van der Waals surface area contributed by atoms with Crippen LogP contribution in [0.3, 0.4) is 0 Å². The van der Waals surface area contributed by atoms with E-state index >= 15 is 0 Å². The number of hydrogen-bond acceptors (Lipinski definition) is 4. The van der Waals surface area contributed by atoms with Crippen LogP contribution in [0.2, 0.25) is 0 Å². The highest BCUT2D eigenvalue weighted by molar-refractivity contribution is 7.92. The minimum atomic E-state index is -3.78. The summed E-state index contributed by atoms with van der Waals surface area (Å²) >= 11 is 0. The average Bonchev–Trinajstić information content (AvgIpc) is 2.69. The zero-order valence-electron chi connectivity index (χ0n) is 15.5. The number of nitrogens with one attached hydrogen (secondary N) is 2. The molecule has 0 aliphatic carbocycles. The number of rotatable bonds is 6. The molecule has 2 N–H and O–H groups in total. The van der Waals surface area contributed by atoms with Crippen LogP contribution >= 0.6 is 0 Å². The van der Waals surface area contributed by atoms with Crippen molar-refractivity contribution in [2.75, 3.05) is 17.1 Å². The number of sulfonamides is 1. The largest absolute Gasteiger partial charge is 0.497 e. The van der Waals surface area contributed by atoms with Gasteiger partial charge in [-0.25, -0.2) is 8.42 Å². The molecule has 0 spiro atoms. The zero-order chi connectivity index (χ0) is 20.1. The molecule has 1 amide bonds. The van der Waals surface area contributed by atoms with Gasteiger partial charge in [-0.3, -0.25) is 9.52 Å². The molecule has 7 heteroatoms. The zero-order valence-corrected chi connectivity index (χ0v) is 16.3. The van der Waals surface area contributed by atoms with Gasteiger partial charge in [0.05, 0.1) is 12.0 Å². The molecule has 0 unspecified atom stereocenters. The van der Waals surface area contributed by atoms with Crippen molar-refractivity contribution in [3.8, 4) is 5.75 Å². The Morgan fingerprint density at radius 1 is 0.893 bits per heavy atom. The summed E-state index contributed by atoms with van der Waals surface area (Å²) in [5.41, 5.74) is 2.40. The Morgan fingerprint density at radius 2 is 1.57 bits per heavy atom. The highest BCUT2D eigenvalue weighted by Gasteiger charge is 2.15. The number of amides is 1. The first-order valence-corrected chi connectivity index (χ1v) is 10.0. The van der Waals surface area contributed by atoms with Gasteiger partial charge in [-0.05, 0) is 61.5 Å². The number of methoxy groups -OCH3 is 1. The third kappa shape index (κ3) is 4.69. The molecule has 0 aromatic heterocycles. The number of hydrogen-bond donors (Lipinski definition) is 2. The second-order valence-corrected chi connectivity index (χ2v) is 7.86. The fraction of sp³-hybridized carbons (Fsp3) is 0.0952. The van der Waals surface area contributed by atoms with Crippen LogP contribution < -0.4 is 14.8 Å². The Morgan fingerprint density at radius 3 is 2.21 bits per heavy atom. The van der Waals surface area contributed by atoms with Gasteiger partial charge in [0, 0.05) is 16.9 Å². The second-order valence-electron chi connectivity index (χ2n) is 6.18. The minimum Gasteiger partial charge on any atom is -0.497 e. The van der Waals surface area contributed by atoms with Crippen LogP contribution in [-0.4, -0.2) is 21.4 Å². The molecule has 144 valence electrons. The predicted octanol–water partition coefficient (Wildman–Crippen LogP) is 4.06. The fourth-order valence-corrected chi connectivity index (χ4v) is 3.58. The molecule has 0 bridgehead atoms. The SMILES string of the molecule is COc1ccc(S(=O)(=O)Nc2cccc(C(=O)Nc3ccc(C)cc3)c2)cc1. The molecule has 0 heterocycles. The molecule has 0 aliphatic heterocycles. The maximum absolute atomic E-state index is 12.6. The summed E-state index contributed by atoms with van der Waals surface area (Å²) < 4.78 is 32.6. The Hall–Kier alpha value is -3.32. The lowest BCUT2D eigenvalue weighted by Crippen LogP contribution is -2.15. The Kier molecular flexibility index (Phi) is 5.65. The quantitative estimate of drug-likeness (QED) is 0.658. The number of benzene rings is 3. The van der Waals surface area contributed by atoms with Crippen LogP contribution in [-0.2, 0) is 10.0 Å². The summed E-state index contributed by atoms with van der Waals surface area (Å²) in [6, 6.07) is 19.8. The number of carbonyl (C=O) groups is 1. The molecular formula is C21H20N2O4S. The van der Waals surface area contributed by atoms with Crippen molar-refractivity contribution in [1.29, 1.82) is 0 Å². The second kappa shape index (κ2) is 8.14. The molecule has 3 aromatic carbocycles. The van der Waals surface area contributed by atoms with Crippen molar-refractivity contribution in [3.63, 3.8) is 0 Å². The van der Waals surface area contributed by atoms with Crippen molar-refractivity contribution in [1.82, 2.24) is 0 Å². The van der Waals surface area contributed by atoms with E-state index in [4.69, 9.17) is 4.74 Å². The number of ether oxygens (including phenoxy) is 1. The first-order chi connectivity index (χ1) is 13.4. The van der Waals surface area contributed by atoms with Gasteiger partial charge in [0.25, 0.3) is 15.9 Å². The minimum absolute atomic E-state index is 0.0998. The molecule has 0 saturated carbocycles. The van der Waals surface area contributed by atoms with E-state index < -0.39 is 10.0 Å². The molecule has 0 aliphatic rings. The van der Waals surface area contributed by atoms with Gasteiger partial charge >= 0.3 is 0 Å². The summed E-state index contributed by atoms with van der Waals surface area (Å²) in [5.74, 6) is 0.239. The third-order valence-electron chi connectivity index (χ3n) is 4.06. The highest BCUT2D eigenvalue weighted by Crippen LogP contribution is 2.20. The summed E-state index contributed by atoms with van der Waals surface area (Å²) in [6.45, 7) is 1.96. The average molecular weight is 396 g/mol. The molecule has 0 fully saturated rings. The van der Waals surface area contributed by atoms with Gasteiger partial charge in [0.2, 0.25) is 0 Å². The monoisotopic (exact) mass is 396 g/mol. The topological polar surface area (TPSA) is 84.5 Å². The van der Waals surface area contributed by atoms with Gasteiger partial charge in [-0.15, -0.1) is 0 Å². The van der Waals surface area contributed by atoms with E-state index in [1.54, 1.807) is 30.3 Å². The smallest absolute Gasteiger partial charge is 0.261 e. The fourth-order valence-electron chi connectivity index (χ4n) is 2.53. The lowest BCUT2D eigenvalue weighted by atomic mass is 10.2. The van der Waals surface area contributed by atoms with E-state index in [1.807, 2.05) is 31.2 Å². The van der Waals surface area contributed by atoms with Crippen LogP contribution in [0.5, 0.6) is 5.75 Å². The van der Waals surface area contributed by atoms with Crippen molar-refractivity contribution in [2.45, 2.75) is 11.8 Å². The Labute approximate surface area is 164 Å². The van der Waals surface area contributed by atoms with E-state index in [0.29, 0.717) is 22.7 Å². The molecule has 6 nitrogen and oxygen atoms in total. The molecule has 0 atom stereocenters. The van der Waals surface area contributed by atoms with Crippen LogP contribution in [0.25, 0.3) is 0 Å². The van der Waals surface area contributed by atoms with E-state index in [9.17, 15) is 13.2 Å². The molecule has 0 saturated heterocycles. The van der Waals surface area contributed by atoms with Crippen molar-refractivity contribution < 1.29 is 17.9 Å². The maximum atomic E-state index is 12.6. The van der Waals surface area contributed by atoms with Crippen molar-refractivity contribution in [2.24, 2.45) is 0 Å². The lowest BCUT2D eigenvalue weighted by molar-refractivity contribution is 0.102. The predicted molar refractivity (Wildman–Crippen MR) is 109 cm³/mol. The first kappa shape index (κ1) is 19.4. The number of anilines is 2. The van der Waals surface area contributed by atoms with Gasteiger partial charge in [0.15, 0.2) is 0 Å². The standard InChI is InChI=1S/C21H20N2O4S/c1-15-6-8-17(9-7-15)22-21(24)16-4-3-5-18(14-16)23-28(25,26)20-12-10-19(27-2)11-13-20/h3-14,23H,1-2H3,(H,22,24).